The lowest BCUT2D eigenvalue weighted by Crippen LogP contribution is -1.93. The molecular weight excluding hydrogens is 200 g/mol. The third-order valence-corrected chi connectivity index (χ3v) is 2.54. The molecule has 3 rings (SSSR count). The van der Waals surface area contributed by atoms with Gasteiger partial charge in [-0.1, -0.05) is 24.3 Å². The van der Waals surface area contributed by atoms with Gasteiger partial charge < -0.3 is 10.2 Å². The first-order valence-electron chi connectivity index (χ1n) is 5.04. The standard InChI is InChI=1S/C13H10N2O/c14-13-10-5-2-1-4-9(10)8-11(15-13)12-6-3-7-16-12/h1-8H,(H2,14,15). The molecule has 0 unspecified atom stereocenters. The largest absolute Gasteiger partial charge is 0.463 e. The highest BCUT2D eigenvalue weighted by Crippen LogP contribution is 2.25. The van der Waals surface area contributed by atoms with Crippen LogP contribution >= 0.6 is 0 Å². The summed E-state index contributed by atoms with van der Waals surface area (Å²) in [6, 6.07) is 13.6. The van der Waals surface area contributed by atoms with Crippen LogP contribution in [-0.2, 0) is 0 Å². The third kappa shape index (κ3) is 1.34. The molecule has 2 N–H and O–H groups in total. The summed E-state index contributed by atoms with van der Waals surface area (Å²) in [7, 11) is 0. The maximum Gasteiger partial charge on any atom is 0.152 e. The molecule has 0 saturated carbocycles. The van der Waals surface area contributed by atoms with Gasteiger partial charge in [0, 0.05) is 5.39 Å². The first-order valence-corrected chi connectivity index (χ1v) is 5.04. The number of fused-ring (bicyclic) bond motifs is 1. The first kappa shape index (κ1) is 8.97. The number of pyridine rings is 1. The summed E-state index contributed by atoms with van der Waals surface area (Å²) in [5.74, 6) is 1.27. The molecule has 0 fully saturated rings. The van der Waals surface area contributed by atoms with Gasteiger partial charge in [-0.15, -0.1) is 0 Å². The van der Waals surface area contributed by atoms with Gasteiger partial charge in [0.15, 0.2) is 5.76 Å². The lowest BCUT2D eigenvalue weighted by atomic mass is 10.1. The molecule has 0 radical (unpaired) electrons. The fourth-order valence-corrected chi connectivity index (χ4v) is 1.78. The van der Waals surface area contributed by atoms with E-state index in [4.69, 9.17) is 10.2 Å². The number of nitrogen functional groups attached to an aromatic ring is 1. The quantitative estimate of drug-likeness (QED) is 0.671. The van der Waals surface area contributed by atoms with E-state index >= 15 is 0 Å². The molecule has 0 saturated heterocycles. The van der Waals surface area contributed by atoms with Crippen LogP contribution < -0.4 is 5.73 Å². The summed E-state index contributed by atoms with van der Waals surface area (Å²) in [4.78, 5) is 4.33. The van der Waals surface area contributed by atoms with Crippen molar-refractivity contribution in [3.8, 4) is 11.5 Å². The van der Waals surface area contributed by atoms with E-state index in [-0.39, 0.29) is 0 Å². The highest BCUT2D eigenvalue weighted by molar-refractivity contribution is 5.93. The number of furan rings is 1. The monoisotopic (exact) mass is 210 g/mol. The van der Waals surface area contributed by atoms with Gasteiger partial charge >= 0.3 is 0 Å². The van der Waals surface area contributed by atoms with Gasteiger partial charge in [0.05, 0.1) is 6.26 Å². The van der Waals surface area contributed by atoms with Crippen molar-refractivity contribution in [3.05, 3.63) is 48.7 Å². The average molecular weight is 210 g/mol. The second-order valence-corrected chi connectivity index (χ2v) is 3.59. The summed E-state index contributed by atoms with van der Waals surface area (Å²) >= 11 is 0. The fourth-order valence-electron chi connectivity index (χ4n) is 1.78. The van der Waals surface area contributed by atoms with Crippen LogP contribution in [0.2, 0.25) is 0 Å². The molecule has 0 spiro atoms. The number of hydrogen-bond acceptors (Lipinski definition) is 3. The molecule has 2 heterocycles. The van der Waals surface area contributed by atoms with Gasteiger partial charge in [-0.2, -0.15) is 0 Å². The number of rotatable bonds is 1. The summed E-state index contributed by atoms with van der Waals surface area (Å²) in [6.07, 6.45) is 1.63. The molecule has 0 aliphatic carbocycles. The minimum absolute atomic E-state index is 0.532. The molecule has 0 atom stereocenters. The summed E-state index contributed by atoms with van der Waals surface area (Å²) in [6.45, 7) is 0. The van der Waals surface area contributed by atoms with Crippen molar-refractivity contribution < 1.29 is 4.42 Å². The van der Waals surface area contributed by atoms with Crippen LogP contribution in [0.3, 0.4) is 0 Å². The summed E-state index contributed by atoms with van der Waals surface area (Å²) in [5.41, 5.74) is 6.68. The Bertz CT molecular complexity index is 629. The number of hydrogen-bond donors (Lipinski definition) is 1. The third-order valence-electron chi connectivity index (χ3n) is 2.54. The zero-order valence-corrected chi connectivity index (χ0v) is 8.55. The lowest BCUT2D eigenvalue weighted by Gasteiger charge is -2.03. The molecule has 0 bridgehead atoms. The van der Waals surface area contributed by atoms with Crippen LogP contribution in [0.4, 0.5) is 5.82 Å². The van der Waals surface area contributed by atoms with E-state index in [1.54, 1.807) is 6.26 Å². The molecular formula is C13H10N2O. The Balaban J connectivity index is 2.29. The number of aromatic nitrogens is 1. The summed E-state index contributed by atoms with van der Waals surface area (Å²) < 4.78 is 5.31. The number of benzene rings is 1. The van der Waals surface area contributed by atoms with Gasteiger partial charge in [0.2, 0.25) is 0 Å². The van der Waals surface area contributed by atoms with Crippen molar-refractivity contribution in [2.24, 2.45) is 0 Å². The molecule has 1 aromatic carbocycles. The molecule has 16 heavy (non-hydrogen) atoms. The van der Waals surface area contributed by atoms with Crippen molar-refractivity contribution in [3.63, 3.8) is 0 Å². The molecule has 2 aromatic heterocycles. The van der Waals surface area contributed by atoms with Crippen molar-refractivity contribution in [2.45, 2.75) is 0 Å². The fraction of sp³-hybridized carbons (Fsp3) is 0. The van der Waals surface area contributed by atoms with Crippen LogP contribution in [0.5, 0.6) is 0 Å². The van der Waals surface area contributed by atoms with E-state index in [0.717, 1.165) is 22.2 Å². The Labute approximate surface area is 92.5 Å². The minimum Gasteiger partial charge on any atom is -0.463 e. The average Bonchev–Trinajstić information content (AvgIpc) is 2.82. The van der Waals surface area contributed by atoms with Gasteiger partial charge in [-0.05, 0) is 23.6 Å². The van der Waals surface area contributed by atoms with Crippen LogP contribution in [0.25, 0.3) is 22.2 Å². The second kappa shape index (κ2) is 3.38. The molecule has 0 amide bonds. The van der Waals surface area contributed by atoms with Crippen LogP contribution in [0, 0.1) is 0 Å². The van der Waals surface area contributed by atoms with Gasteiger partial charge in [0.1, 0.15) is 11.5 Å². The van der Waals surface area contributed by atoms with Crippen LogP contribution in [0.1, 0.15) is 0 Å². The topological polar surface area (TPSA) is 52.0 Å². The highest BCUT2D eigenvalue weighted by atomic mass is 16.3. The number of anilines is 1. The maximum absolute atomic E-state index is 5.91. The van der Waals surface area contributed by atoms with E-state index in [2.05, 4.69) is 4.98 Å². The SMILES string of the molecule is Nc1nc(-c2ccco2)cc2ccccc12. The van der Waals surface area contributed by atoms with E-state index in [1.807, 2.05) is 42.5 Å². The van der Waals surface area contributed by atoms with Gasteiger partial charge in [0.25, 0.3) is 0 Å². The molecule has 0 aliphatic rings. The minimum atomic E-state index is 0.532. The highest BCUT2D eigenvalue weighted by Gasteiger charge is 2.06. The van der Waals surface area contributed by atoms with Crippen molar-refractivity contribution >= 4 is 16.6 Å². The maximum atomic E-state index is 5.91. The number of nitrogens with two attached hydrogens (primary N) is 1. The second-order valence-electron chi connectivity index (χ2n) is 3.59. The van der Waals surface area contributed by atoms with Gasteiger partial charge in [-0.25, -0.2) is 4.98 Å². The molecule has 0 aliphatic heterocycles. The van der Waals surface area contributed by atoms with Crippen LogP contribution in [-0.4, -0.2) is 4.98 Å². The lowest BCUT2D eigenvalue weighted by molar-refractivity contribution is 0.580. The van der Waals surface area contributed by atoms with Crippen molar-refractivity contribution in [1.82, 2.24) is 4.98 Å². The number of nitrogens with zero attached hydrogens (tertiary/aromatic N) is 1. The van der Waals surface area contributed by atoms with E-state index in [9.17, 15) is 0 Å². The Morgan fingerprint density at radius 3 is 2.75 bits per heavy atom. The Kier molecular flexibility index (Phi) is 1.90. The Morgan fingerprint density at radius 2 is 1.94 bits per heavy atom. The molecule has 3 nitrogen and oxygen atoms in total. The molecule has 3 heteroatoms. The zero-order valence-electron chi connectivity index (χ0n) is 8.55. The van der Waals surface area contributed by atoms with Crippen molar-refractivity contribution in [1.29, 1.82) is 0 Å². The van der Waals surface area contributed by atoms with E-state index in [0.29, 0.717) is 5.82 Å². The predicted octanol–water partition coefficient (Wildman–Crippen LogP) is 3.08. The molecule has 3 aromatic rings. The molecule has 78 valence electrons. The summed E-state index contributed by atoms with van der Waals surface area (Å²) in [5, 5.41) is 2.04. The van der Waals surface area contributed by atoms with E-state index < -0.39 is 0 Å². The Morgan fingerprint density at radius 1 is 1.06 bits per heavy atom. The van der Waals surface area contributed by atoms with Crippen LogP contribution in [0.15, 0.2) is 53.1 Å². The smallest absolute Gasteiger partial charge is 0.152 e. The van der Waals surface area contributed by atoms with E-state index in [1.165, 1.54) is 0 Å². The zero-order chi connectivity index (χ0) is 11.0. The Hall–Kier alpha value is -2.29. The first-order chi connectivity index (χ1) is 7.84. The van der Waals surface area contributed by atoms with Crippen molar-refractivity contribution in [2.75, 3.05) is 5.73 Å². The van der Waals surface area contributed by atoms with Gasteiger partial charge in [-0.3, -0.25) is 0 Å². The predicted molar refractivity (Wildman–Crippen MR) is 63.9 cm³/mol. The normalized spacial score (nSPS) is 10.8.